The van der Waals surface area contributed by atoms with Gasteiger partial charge < -0.3 is 4.57 Å². The number of hydrogen-bond acceptors (Lipinski definition) is 1. The Kier molecular flexibility index (Phi) is 4.53. The van der Waals surface area contributed by atoms with Crippen LogP contribution in [0.4, 0.5) is 0 Å². The van der Waals surface area contributed by atoms with Crippen molar-refractivity contribution in [3.63, 3.8) is 0 Å². The topological polar surface area (TPSA) is 17.1 Å². The largest absolute Gasteiger partial charge is 0.317 e. The summed E-state index contributed by atoms with van der Waals surface area (Å²) in [5.74, 6) is 0. The van der Waals surface area contributed by atoms with E-state index in [1.807, 2.05) is 48.5 Å². The van der Waals surface area contributed by atoms with E-state index in [2.05, 4.69) is 59.9 Å². The Balaban J connectivity index is 2.10. The van der Waals surface area contributed by atoms with Crippen molar-refractivity contribution >= 4 is 60.2 Å². The second-order valence-electron chi connectivity index (χ2n) is 5.25. The molecule has 0 radical (unpaired) electrons. The summed E-state index contributed by atoms with van der Waals surface area (Å²) in [6.07, 6.45) is 0.632. The van der Waals surface area contributed by atoms with Gasteiger partial charge in [-0.2, -0.15) is 0 Å². The van der Waals surface area contributed by atoms with Gasteiger partial charge in [0.05, 0.1) is 8.89 Å². The van der Waals surface area contributed by atoms with Gasteiger partial charge in [-0.25, -0.2) is 0 Å². The standard InChI is InChI=1S/C16H14Br3OP/c17-14-11-21(20,13-9-5-2-6-10-13)15(18)16(14,19)12-7-3-1-4-8-12/h1-10,14-15H,11H2. The average molecular weight is 493 g/mol. The van der Waals surface area contributed by atoms with Crippen molar-refractivity contribution in [3.05, 3.63) is 66.2 Å². The maximum Gasteiger partial charge on any atom is 0.131 e. The summed E-state index contributed by atoms with van der Waals surface area (Å²) < 4.78 is 13.1. The molecule has 1 aliphatic heterocycles. The van der Waals surface area contributed by atoms with E-state index in [9.17, 15) is 4.57 Å². The Morgan fingerprint density at radius 1 is 0.952 bits per heavy atom. The van der Waals surface area contributed by atoms with E-state index in [0.29, 0.717) is 6.16 Å². The van der Waals surface area contributed by atoms with Crippen molar-refractivity contribution in [1.29, 1.82) is 0 Å². The second-order valence-corrected chi connectivity index (χ2v) is 12.3. The Morgan fingerprint density at radius 2 is 1.48 bits per heavy atom. The highest BCUT2D eigenvalue weighted by atomic mass is 79.9. The zero-order chi connectivity index (χ0) is 15.1. The molecule has 1 aliphatic rings. The van der Waals surface area contributed by atoms with E-state index >= 15 is 0 Å². The van der Waals surface area contributed by atoms with Gasteiger partial charge in [-0.05, 0) is 5.56 Å². The van der Waals surface area contributed by atoms with Crippen molar-refractivity contribution in [1.82, 2.24) is 0 Å². The molecule has 1 saturated heterocycles. The highest BCUT2D eigenvalue weighted by molar-refractivity contribution is 9.14. The highest BCUT2D eigenvalue weighted by Crippen LogP contribution is 2.70. The summed E-state index contributed by atoms with van der Waals surface area (Å²) in [4.78, 5) is 0.0998. The first-order chi connectivity index (χ1) is 9.99. The lowest BCUT2D eigenvalue weighted by atomic mass is 9.98. The molecule has 0 bridgehead atoms. The SMILES string of the molecule is O=P1(c2ccccc2)CC(Br)C(Br)(c2ccccc2)C1Br. The van der Waals surface area contributed by atoms with Gasteiger partial charge in [-0.3, -0.25) is 0 Å². The average Bonchev–Trinajstić information content (AvgIpc) is 2.71. The molecule has 0 N–H and O–H groups in total. The maximum absolute atomic E-state index is 13.6. The van der Waals surface area contributed by atoms with Crippen LogP contribution in [0.5, 0.6) is 0 Å². The molecule has 0 spiro atoms. The first-order valence-corrected chi connectivity index (χ1v) is 11.2. The van der Waals surface area contributed by atoms with E-state index < -0.39 is 7.14 Å². The van der Waals surface area contributed by atoms with Crippen molar-refractivity contribution in [2.75, 3.05) is 6.16 Å². The molecule has 0 aliphatic carbocycles. The Bertz CT molecular complexity index is 676. The predicted octanol–water partition coefficient (Wildman–Crippen LogP) is 5.46. The molecule has 4 atom stereocenters. The summed E-state index contributed by atoms with van der Waals surface area (Å²) in [5.41, 5.74) is 1.14. The monoisotopic (exact) mass is 490 g/mol. The van der Waals surface area contributed by atoms with Gasteiger partial charge in [-0.1, -0.05) is 108 Å². The van der Waals surface area contributed by atoms with Crippen LogP contribution in [0, 0.1) is 0 Å². The van der Waals surface area contributed by atoms with Crippen LogP contribution in [0.15, 0.2) is 60.7 Å². The molecule has 1 heterocycles. The van der Waals surface area contributed by atoms with Gasteiger partial charge in [0.15, 0.2) is 0 Å². The van der Waals surface area contributed by atoms with Crippen molar-refractivity contribution in [3.8, 4) is 0 Å². The zero-order valence-electron chi connectivity index (χ0n) is 11.1. The number of alkyl halides is 3. The molecule has 5 heteroatoms. The molecule has 2 aromatic carbocycles. The Morgan fingerprint density at radius 3 is 2.05 bits per heavy atom. The molecule has 2 aromatic rings. The van der Waals surface area contributed by atoms with Crippen LogP contribution >= 0.6 is 54.9 Å². The molecule has 3 rings (SSSR count). The minimum Gasteiger partial charge on any atom is -0.317 e. The van der Waals surface area contributed by atoms with Crippen molar-refractivity contribution in [2.24, 2.45) is 0 Å². The second kappa shape index (κ2) is 5.96. The summed E-state index contributed by atoms with van der Waals surface area (Å²) >= 11 is 11.4. The highest BCUT2D eigenvalue weighted by Gasteiger charge is 2.59. The number of halogens is 3. The molecule has 4 unspecified atom stereocenters. The van der Waals surface area contributed by atoms with E-state index in [1.54, 1.807) is 0 Å². The number of benzene rings is 2. The van der Waals surface area contributed by atoms with Gasteiger partial charge in [0, 0.05) is 16.3 Å². The van der Waals surface area contributed by atoms with Gasteiger partial charge in [0.25, 0.3) is 0 Å². The third kappa shape index (κ3) is 2.52. The molecule has 0 aromatic heterocycles. The van der Waals surface area contributed by atoms with Crippen LogP contribution in [0.3, 0.4) is 0 Å². The van der Waals surface area contributed by atoms with Gasteiger partial charge in [-0.15, -0.1) is 0 Å². The number of rotatable bonds is 2. The molecule has 21 heavy (non-hydrogen) atoms. The van der Waals surface area contributed by atoms with Crippen LogP contribution < -0.4 is 5.30 Å². The fraction of sp³-hybridized carbons (Fsp3) is 0.250. The van der Waals surface area contributed by atoms with E-state index in [4.69, 9.17) is 0 Å². The third-order valence-electron chi connectivity index (χ3n) is 4.01. The maximum atomic E-state index is 13.6. The van der Waals surface area contributed by atoms with E-state index in [1.165, 1.54) is 0 Å². The Labute approximate surface area is 150 Å². The first kappa shape index (κ1) is 16.0. The van der Waals surface area contributed by atoms with Crippen LogP contribution in [0.25, 0.3) is 0 Å². The lowest BCUT2D eigenvalue weighted by Gasteiger charge is -2.30. The lowest BCUT2D eigenvalue weighted by Crippen LogP contribution is -2.32. The fourth-order valence-electron chi connectivity index (χ4n) is 2.84. The molecule has 0 amide bonds. The third-order valence-corrected chi connectivity index (χ3v) is 14.5. The van der Waals surface area contributed by atoms with Gasteiger partial charge >= 0.3 is 0 Å². The fourth-order valence-corrected chi connectivity index (χ4v) is 11.7. The summed E-state index contributed by atoms with van der Waals surface area (Å²) in [6.45, 7) is 0. The van der Waals surface area contributed by atoms with E-state index in [-0.39, 0.29) is 13.7 Å². The molecule has 1 nitrogen and oxygen atoms in total. The molecular weight excluding hydrogens is 479 g/mol. The van der Waals surface area contributed by atoms with Crippen LogP contribution in [0.2, 0.25) is 0 Å². The lowest BCUT2D eigenvalue weighted by molar-refractivity contribution is 0.582. The van der Waals surface area contributed by atoms with Gasteiger partial charge in [0.1, 0.15) is 7.14 Å². The zero-order valence-corrected chi connectivity index (χ0v) is 16.8. The number of hydrogen-bond donors (Lipinski definition) is 0. The van der Waals surface area contributed by atoms with Crippen LogP contribution in [0.1, 0.15) is 5.56 Å². The summed E-state index contributed by atoms with van der Waals surface area (Å²) in [6, 6.07) is 20.0. The predicted molar refractivity (Wildman–Crippen MR) is 101 cm³/mol. The van der Waals surface area contributed by atoms with Crippen molar-refractivity contribution < 1.29 is 4.57 Å². The summed E-state index contributed by atoms with van der Waals surface area (Å²) in [5, 5.41) is 0.939. The first-order valence-electron chi connectivity index (χ1n) is 6.66. The molecule has 110 valence electrons. The molecular formula is C16H14Br3OP. The molecule has 0 saturated carbocycles. The smallest absolute Gasteiger partial charge is 0.131 e. The quantitative estimate of drug-likeness (QED) is 0.402. The Hall–Kier alpha value is 0.110. The molecule has 1 fully saturated rings. The van der Waals surface area contributed by atoms with Crippen LogP contribution in [-0.4, -0.2) is 15.6 Å². The van der Waals surface area contributed by atoms with Crippen molar-refractivity contribution in [2.45, 2.75) is 13.7 Å². The minimum atomic E-state index is -2.53. The van der Waals surface area contributed by atoms with Gasteiger partial charge in [0.2, 0.25) is 0 Å². The minimum absolute atomic E-state index is 0.0998. The normalized spacial score (nSPS) is 35.8. The summed E-state index contributed by atoms with van der Waals surface area (Å²) in [7, 11) is -2.53. The van der Waals surface area contributed by atoms with E-state index in [0.717, 1.165) is 10.9 Å². The van der Waals surface area contributed by atoms with Crippen LogP contribution in [-0.2, 0) is 8.89 Å².